The predicted octanol–water partition coefficient (Wildman–Crippen LogP) is 2.05. The van der Waals surface area contributed by atoms with Gasteiger partial charge in [0.05, 0.1) is 18.8 Å². The van der Waals surface area contributed by atoms with Gasteiger partial charge in [-0.15, -0.1) is 0 Å². The number of carbonyl (C=O) groups excluding carboxylic acids is 1. The maximum atomic E-state index is 12.8. The molecule has 2 atom stereocenters. The van der Waals surface area contributed by atoms with Gasteiger partial charge >= 0.3 is 12.2 Å². The van der Waals surface area contributed by atoms with Gasteiger partial charge in [0, 0.05) is 19.3 Å². The topological polar surface area (TPSA) is 63.7 Å². The Kier molecular flexibility index (Phi) is 4.79. The number of halogens is 3. The third-order valence-electron chi connectivity index (χ3n) is 4.02. The number of likely N-dealkylation sites (tertiary alicyclic amines) is 1. The molecule has 1 N–H and O–H groups in total. The van der Waals surface area contributed by atoms with Crippen molar-refractivity contribution >= 4 is 6.03 Å². The van der Waals surface area contributed by atoms with Crippen LogP contribution < -0.4 is 10.1 Å². The number of aromatic nitrogens is 1. The summed E-state index contributed by atoms with van der Waals surface area (Å²) in [6.07, 6.45) is -1.20. The molecule has 2 amide bonds. The lowest BCUT2D eigenvalue weighted by molar-refractivity contribution is -0.139. The minimum Gasteiger partial charge on any atom is -0.475 e. The van der Waals surface area contributed by atoms with E-state index < -0.39 is 17.6 Å². The van der Waals surface area contributed by atoms with Crippen LogP contribution >= 0.6 is 0 Å². The maximum absolute atomic E-state index is 12.8. The smallest absolute Gasteiger partial charge is 0.421 e. The van der Waals surface area contributed by atoms with E-state index in [2.05, 4.69) is 10.3 Å². The van der Waals surface area contributed by atoms with Crippen molar-refractivity contribution in [3.05, 3.63) is 23.9 Å². The summed E-state index contributed by atoms with van der Waals surface area (Å²) < 4.78 is 49.1. The molecule has 6 nitrogen and oxygen atoms in total. The number of hydrogen-bond donors (Lipinski definition) is 1. The Labute approximate surface area is 136 Å². The van der Waals surface area contributed by atoms with Crippen LogP contribution in [0.15, 0.2) is 18.3 Å². The van der Waals surface area contributed by atoms with Crippen LogP contribution in [0.3, 0.4) is 0 Å². The quantitative estimate of drug-likeness (QED) is 0.849. The largest absolute Gasteiger partial charge is 0.475 e. The molecular formula is C15H18F3N3O3. The molecule has 0 saturated carbocycles. The van der Waals surface area contributed by atoms with Crippen molar-refractivity contribution in [1.29, 1.82) is 0 Å². The summed E-state index contributed by atoms with van der Waals surface area (Å²) in [6.45, 7) is 1.09. The van der Waals surface area contributed by atoms with Gasteiger partial charge in [-0.1, -0.05) is 0 Å². The lowest BCUT2D eigenvalue weighted by Gasteiger charge is -2.32. The van der Waals surface area contributed by atoms with Gasteiger partial charge in [0.15, 0.2) is 0 Å². The second-order valence-electron chi connectivity index (χ2n) is 5.80. The molecule has 2 aliphatic heterocycles. The number of morpholine rings is 1. The van der Waals surface area contributed by atoms with Gasteiger partial charge in [0.25, 0.3) is 0 Å². The van der Waals surface area contributed by atoms with E-state index in [1.54, 1.807) is 4.90 Å². The highest BCUT2D eigenvalue weighted by Gasteiger charge is 2.36. The van der Waals surface area contributed by atoms with Crippen molar-refractivity contribution in [2.24, 2.45) is 0 Å². The van der Waals surface area contributed by atoms with Crippen LogP contribution in [-0.4, -0.2) is 54.4 Å². The zero-order valence-electron chi connectivity index (χ0n) is 12.9. The van der Waals surface area contributed by atoms with Crippen molar-refractivity contribution < 1.29 is 27.4 Å². The van der Waals surface area contributed by atoms with Gasteiger partial charge in [-0.2, -0.15) is 13.2 Å². The van der Waals surface area contributed by atoms with Crippen molar-refractivity contribution in [2.75, 3.05) is 26.2 Å². The second kappa shape index (κ2) is 6.84. The minimum atomic E-state index is -4.53. The molecule has 1 aromatic rings. The third kappa shape index (κ3) is 3.89. The Morgan fingerprint density at radius 3 is 2.75 bits per heavy atom. The SMILES string of the molecule is O=C(NCCOc1ncccc1C(F)(F)F)N1C[C@H]2CC[C@@H](C1)O2. The molecule has 0 spiro atoms. The van der Waals surface area contributed by atoms with Crippen molar-refractivity contribution in [2.45, 2.75) is 31.2 Å². The van der Waals surface area contributed by atoms with Crippen molar-refractivity contribution in [3.8, 4) is 5.88 Å². The number of rotatable bonds is 4. The van der Waals surface area contributed by atoms with E-state index in [0.29, 0.717) is 13.1 Å². The molecule has 1 aromatic heterocycles. The van der Waals surface area contributed by atoms with Crippen LogP contribution in [0, 0.1) is 0 Å². The van der Waals surface area contributed by atoms with Gasteiger partial charge in [-0.3, -0.25) is 0 Å². The standard InChI is InChI=1S/C15H18F3N3O3/c16-15(17,18)12-2-1-5-19-13(12)23-7-6-20-14(22)21-8-10-3-4-11(9-21)24-10/h1-2,5,10-11H,3-4,6-9H2,(H,20,22)/t10-,11+. The molecule has 0 radical (unpaired) electrons. The molecule has 2 saturated heterocycles. The molecule has 0 aliphatic carbocycles. The zero-order valence-corrected chi connectivity index (χ0v) is 12.9. The number of ether oxygens (including phenoxy) is 2. The normalized spacial score (nSPS) is 23.2. The lowest BCUT2D eigenvalue weighted by Crippen LogP contribution is -2.50. The van der Waals surface area contributed by atoms with Gasteiger partial charge in [0.2, 0.25) is 5.88 Å². The zero-order chi connectivity index (χ0) is 17.2. The average Bonchev–Trinajstić information content (AvgIpc) is 2.89. The molecule has 0 aromatic carbocycles. The van der Waals surface area contributed by atoms with E-state index in [1.165, 1.54) is 12.3 Å². The van der Waals surface area contributed by atoms with E-state index >= 15 is 0 Å². The van der Waals surface area contributed by atoms with Gasteiger partial charge in [0.1, 0.15) is 12.2 Å². The summed E-state index contributed by atoms with van der Waals surface area (Å²) in [5, 5.41) is 2.65. The summed E-state index contributed by atoms with van der Waals surface area (Å²) in [7, 11) is 0. The van der Waals surface area contributed by atoms with Crippen molar-refractivity contribution in [1.82, 2.24) is 15.2 Å². The fourth-order valence-electron chi connectivity index (χ4n) is 2.92. The monoisotopic (exact) mass is 345 g/mol. The maximum Gasteiger partial charge on any atom is 0.421 e. The number of nitrogens with one attached hydrogen (secondary N) is 1. The molecule has 2 aliphatic rings. The lowest BCUT2D eigenvalue weighted by atomic mass is 10.2. The number of pyridine rings is 1. The van der Waals surface area contributed by atoms with Crippen LogP contribution in [0.5, 0.6) is 5.88 Å². The molecule has 3 rings (SSSR count). The Balaban J connectivity index is 1.45. The number of amides is 2. The number of carbonyl (C=O) groups is 1. The number of hydrogen-bond acceptors (Lipinski definition) is 4. The van der Waals surface area contributed by atoms with E-state index in [9.17, 15) is 18.0 Å². The van der Waals surface area contributed by atoms with E-state index in [1.807, 2.05) is 0 Å². The number of nitrogens with zero attached hydrogens (tertiary/aromatic N) is 2. The summed E-state index contributed by atoms with van der Waals surface area (Å²) in [4.78, 5) is 17.3. The summed E-state index contributed by atoms with van der Waals surface area (Å²) in [5.41, 5.74) is -0.930. The molecule has 9 heteroatoms. The average molecular weight is 345 g/mol. The summed E-state index contributed by atoms with van der Waals surface area (Å²) >= 11 is 0. The molecule has 2 bridgehead atoms. The summed E-state index contributed by atoms with van der Waals surface area (Å²) in [5.74, 6) is -0.483. The number of fused-ring (bicyclic) bond motifs is 2. The molecule has 2 fully saturated rings. The molecule has 132 valence electrons. The van der Waals surface area contributed by atoms with E-state index in [-0.39, 0.29) is 31.4 Å². The third-order valence-corrected chi connectivity index (χ3v) is 4.02. The molecule has 3 heterocycles. The van der Waals surface area contributed by atoms with E-state index in [0.717, 1.165) is 18.9 Å². The highest BCUT2D eigenvalue weighted by Crippen LogP contribution is 2.34. The Morgan fingerprint density at radius 1 is 1.38 bits per heavy atom. The van der Waals surface area contributed by atoms with Gasteiger partial charge in [-0.05, 0) is 25.0 Å². The first-order valence-corrected chi connectivity index (χ1v) is 7.77. The van der Waals surface area contributed by atoms with Crippen LogP contribution in [0.4, 0.5) is 18.0 Å². The Hall–Kier alpha value is -2.03. The van der Waals surface area contributed by atoms with Crippen LogP contribution in [0.2, 0.25) is 0 Å². The Bertz CT molecular complexity index is 585. The first kappa shape index (κ1) is 16.8. The fraction of sp³-hybridized carbons (Fsp3) is 0.600. The van der Waals surface area contributed by atoms with Crippen LogP contribution in [-0.2, 0) is 10.9 Å². The minimum absolute atomic E-state index is 0.0913. The first-order chi connectivity index (χ1) is 11.4. The molecular weight excluding hydrogens is 327 g/mol. The number of alkyl halides is 3. The highest BCUT2D eigenvalue weighted by atomic mass is 19.4. The molecule has 0 unspecified atom stereocenters. The molecule has 24 heavy (non-hydrogen) atoms. The first-order valence-electron chi connectivity index (χ1n) is 7.77. The van der Waals surface area contributed by atoms with Gasteiger partial charge in [-0.25, -0.2) is 9.78 Å². The predicted molar refractivity (Wildman–Crippen MR) is 77.6 cm³/mol. The van der Waals surface area contributed by atoms with E-state index in [4.69, 9.17) is 9.47 Å². The second-order valence-corrected chi connectivity index (χ2v) is 5.80. The highest BCUT2D eigenvalue weighted by molar-refractivity contribution is 5.74. The fourth-order valence-corrected chi connectivity index (χ4v) is 2.92. The van der Waals surface area contributed by atoms with Crippen LogP contribution in [0.1, 0.15) is 18.4 Å². The van der Waals surface area contributed by atoms with Crippen molar-refractivity contribution in [3.63, 3.8) is 0 Å². The Morgan fingerprint density at radius 2 is 2.08 bits per heavy atom. The van der Waals surface area contributed by atoms with Gasteiger partial charge < -0.3 is 19.7 Å². The summed E-state index contributed by atoms with van der Waals surface area (Å²) in [6, 6.07) is 1.85. The number of urea groups is 1. The van der Waals surface area contributed by atoms with Crippen LogP contribution in [0.25, 0.3) is 0 Å².